The van der Waals surface area contributed by atoms with Crippen LogP contribution in [0.1, 0.15) is 201 Å². The van der Waals surface area contributed by atoms with E-state index in [9.17, 15) is 9.59 Å². The van der Waals surface area contributed by atoms with Crippen LogP contribution in [0.15, 0.2) is 60.8 Å². The largest absolute Gasteiger partial charge is 0.462 e. The Labute approximate surface area is 322 Å². The minimum atomic E-state index is -0.540. The molecule has 0 amide bonds. The Bertz CT molecular complexity index is 915. The van der Waals surface area contributed by atoms with Gasteiger partial charge in [0.2, 0.25) is 0 Å². The SMILES string of the molecule is CC/C=C\C/C=C\C/C=C\CCCCCCCCCC(=O)OCC(COCCCCCCCC/C=C\C/C=C\CCC)OC(=O)CCCCCCC. The normalized spacial score (nSPS) is 12.8. The quantitative estimate of drug-likeness (QED) is 0.0358. The van der Waals surface area contributed by atoms with Gasteiger partial charge in [-0.1, -0.05) is 171 Å². The van der Waals surface area contributed by atoms with Crippen LogP contribution in [-0.4, -0.2) is 37.9 Å². The highest BCUT2D eigenvalue weighted by atomic mass is 16.6. The smallest absolute Gasteiger partial charge is 0.306 e. The lowest BCUT2D eigenvalue weighted by atomic mass is 10.1. The Morgan fingerprint density at radius 2 is 0.904 bits per heavy atom. The lowest BCUT2D eigenvalue weighted by molar-refractivity contribution is -0.163. The molecule has 0 radical (unpaired) electrons. The van der Waals surface area contributed by atoms with Crippen molar-refractivity contribution < 1.29 is 23.8 Å². The van der Waals surface area contributed by atoms with E-state index >= 15 is 0 Å². The summed E-state index contributed by atoms with van der Waals surface area (Å²) in [5, 5.41) is 0. The van der Waals surface area contributed by atoms with Gasteiger partial charge in [-0.2, -0.15) is 0 Å². The molecule has 0 heterocycles. The van der Waals surface area contributed by atoms with Crippen molar-refractivity contribution in [2.75, 3.05) is 19.8 Å². The number of allylic oxidation sites excluding steroid dienone is 10. The van der Waals surface area contributed by atoms with E-state index < -0.39 is 6.10 Å². The third-order valence-electron chi connectivity index (χ3n) is 9.02. The van der Waals surface area contributed by atoms with E-state index in [0.29, 0.717) is 19.4 Å². The molecule has 0 aromatic heterocycles. The highest BCUT2D eigenvalue weighted by Crippen LogP contribution is 2.13. The fourth-order valence-electron chi connectivity index (χ4n) is 5.80. The molecule has 300 valence electrons. The molecule has 0 rings (SSSR count). The van der Waals surface area contributed by atoms with Crippen LogP contribution in [0, 0.1) is 0 Å². The van der Waals surface area contributed by atoms with Gasteiger partial charge in [-0.15, -0.1) is 0 Å². The lowest BCUT2D eigenvalue weighted by Gasteiger charge is -2.18. The number of carbonyl (C=O) groups is 2. The Hall–Kier alpha value is -2.40. The molecular weight excluding hydrogens is 645 g/mol. The Morgan fingerprint density at radius 1 is 0.442 bits per heavy atom. The number of esters is 2. The van der Waals surface area contributed by atoms with Gasteiger partial charge in [0.15, 0.2) is 6.10 Å². The molecule has 0 spiro atoms. The minimum absolute atomic E-state index is 0.0743. The van der Waals surface area contributed by atoms with Gasteiger partial charge in [0, 0.05) is 19.4 Å². The number of rotatable bonds is 39. The van der Waals surface area contributed by atoms with Gasteiger partial charge < -0.3 is 14.2 Å². The summed E-state index contributed by atoms with van der Waals surface area (Å²) in [4.78, 5) is 25.0. The van der Waals surface area contributed by atoms with Gasteiger partial charge >= 0.3 is 11.9 Å². The van der Waals surface area contributed by atoms with E-state index in [1.807, 2.05) is 0 Å². The summed E-state index contributed by atoms with van der Waals surface area (Å²) in [6, 6.07) is 0. The first-order valence-corrected chi connectivity index (χ1v) is 21.8. The zero-order chi connectivity index (χ0) is 37.8. The summed E-state index contributed by atoms with van der Waals surface area (Å²) in [6.07, 6.45) is 52.4. The van der Waals surface area contributed by atoms with E-state index in [2.05, 4.69) is 81.5 Å². The monoisotopic (exact) mass is 727 g/mol. The highest BCUT2D eigenvalue weighted by Gasteiger charge is 2.17. The maximum atomic E-state index is 12.5. The fourth-order valence-corrected chi connectivity index (χ4v) is 5.80. The van der Waals surface area contributed by atoms with Crippen molar-refractivity contribution in [3.05, 3.63) is 60.8 Å². The molecule has 52 heavy (non-hydrogen) atoms. The van der Waals surface area contributed by atoms with Crippen molar-refractivity contribution in [3.63, 3.8) is 0 Å². The van der Waals surface area contributed by atoms with E-state index in [4.69, 9.17) is 14.2 Å². The van der Waals surface area contributed by atoms with Crippen LogP contribution in [0.3, 0.4) is 0 Å². The standard InChI is InChI=1S/C47H82O5/c1-4-7-10-13-15-17-19-21-23-24-25-26-28-30-32-35-37-40-46(48)51-44-45(52-47(49)41-38-34-12-9-6-3)43-50-42-39-36-33-31-29-27-22-20-18-16-14-11-8-5-2/h7,10-11,14-15,17-18,20-21,23,45H,4-6,8-9,12-13,16,19,22,24-44H2,1-3H3/b10-7-,14-11-,17-15-,20-18-,23-21-. The predicted molar refractivity (Wildman–Crippen MR) is 224 cm³/mol. The summed E-state index contributed by atoms with van der Waals surface area (Å²) in [7, 11) is 0. The van der Waals surface area contributed by atoms with Crippen LogP contribution in [0.25, 0.3) is 0 Å². The lowest BCUT2D eigenvalue weighted by Crippen LogP contribution is -2.30. The third-order valence-corrected chi connectivity index (χ3v) is 9.02. The molecule has 5 heteroatoms. The van der Waals surface area contributed by atoms with Crippen molar-refractivity contribution in [2.45, 2.75) is 207 Å². The first-order chi connectivity index (χ1) is 25.6. The highest BCUT2D eigenvalue weighted by molar-refractivity contribution is 5.70. The molecular formula is C47H82O5. The van der Waals surface area contributed by atoms with Crippen LogP contribution >= 0.6 is 0 Å². The average molecular weight is 727 g/mol. The van der Waals surface area contributed by atoms with Crippen molar-refractivity contribution >= 4 is 11.9 Å². The minimum Gasteiger partial charge on any atom is -0.462 e. The molecule has 1 atom stereocenters. The molecule has 0 aromatic carbocycles. The summed E-state index contributed by atoms with van der Waals surface area (Å²) in [6.45, 7) is 7.55. The molecule has 5 nitrogen and oxygen atoms in total. The Kier molecular flexibility index (Phi) is 41.0. The van der Waals surface area contributed by atoms with Gasteiger partial charge in [0.25, 0.3) is 0 Å². The van der Waals surface area contributed by atoms with Crippen molar-refractivity contribution in [2.24, 2.45) is 0 Å². The van der Waals surface area contributed by atoms with Gasteiger partial charge in [0.05, 0.1) is 6.61 Å². The van der Waals surface area contributed by atoms with Crippen molar-refractivity contribution in [1.29, 1.82) is 0 Å². The van der Waals surface area contributed by atoms with E-state index in [1.54, 1.807) is 0 Å². The van der Waals surface area contributed by atoms with Crippen LogP contribution in [0.5, 0.6) is 0 Å². The molecule has 0 aliphatic heterocycles. The predicted octanol–water partition coefficient (Wildman–Crippen LogP) is 14.2. The van der Waals surface area contributed by atoms with Gasteiger partial charge in [-0.05, 0) is 77.0 Å². The second-order valence-corrected chi connectivity index (χ2v) is 14.2. The molecule has 0 saturated carbocycles. The van der Waals surface area contributed by atoms with E-state index in [0.717, 1.165) is 83.5 Å². The summed E-state index contributed by atoms with van der Waals surface area (Å²) in [5.74, 6) is -0.429. The number of hydrogen-bond acceptors (Lipinski definition) is 5. The second-order valence-electron chi connectivity index (χ2n) is 14.2. The van der Waals surface area contributed by atoms with Gasteiger partial charge in [-0.3, -0.25) is 9.59 Å². The summed E-state index contributed by atoms with van der Waals surface area (Å²) in [5.41, 5.74) is 0. The average Bonchev–Trinajstić information content (AvgIpc) is 3.14. The molecule has 0 fully saturated rings. The van der Waals surface area contributed by atoms with Crippen molar-refractivity contribution in [1.82, 2.24) is 0 Å². The van der Waals surface area contributed by atoms with Gasteiger partial charge in [-0.25, -0.2) is 0 Å². The zero-order valence-electron chi connectivity index (χ0n) is 34.3. The van der Waals surface area contributed by atoms with Gasteiger partial charge in [0.1, 0.15) is 6.61 Å². The molecule has 0 aromatic rings. The second kappa shape index (κ2) is 43.0. The molecule has 1 unspecified atom stereocenters. The van der Waals surface area contributed by atoms with E-state index in [-0.39, 0.29) is 25.2 Å². The fraction of sp³-hybridized carbons (Fsp3) is 0.745. The maximum absolute atomic E-state index is 12.5. The van der Waals surface area contributed by atoms with Crippen LogP contribution in [-0.2, 0) is 23.8 Å². The number of carbonyl (C=O) groups excluding carboxylic acids is 2. The first kappa shape index (κ1) is 49.6. The molecule has 0 N–H and O–H groups in total. The van der Waals surface area contributed by atoms with E-state index in [1.165, 1.54) is 83.5 Å². The third kappa shape index (κ3) is 40.4. The number of unbranched alkanes of at least 4 members (excludes halogenated alkanes) is 18. The summed E-state index contributed by atoms with van der Waals surface area (Å²) < 4.78 is 17.2. The molecule has 0 aliphatic carbocycles. The topological polar surface area (TPSA) is 61.8 Å². The summed E-state index contributed by atoms with van der Waals surface area (Å²) >= 11 is 0. The van der Waals surface area contributed by atoms with Crippen LogP contribution < -0.4 is 0 Å². The number of ether oxygens (including phenoxy) is 3. The Balaban J connectivity index is 4.10. The Morgan fingerprint density at radius 3 is 1.46 bits per heavy atom. The first-order valence-electron chi connectivity index (χ1n) is 21.8. The maximum Gasteiger partial charge on any atom is 0.306 e. The molecule has 0 aliphatic rings. The zero-order valence-corrected chi connectivity index (χ0v) is 34.3. The van der Waals surface area contributed by atoms with Crippen molar-refractivity contribution in [3.8, 4) is 0 Å². The molecule has 0 bridgehead atoms. The number of hydrogen-bond donors (Lipinski definition) is 0. The molecule has 0 saturated heterocycles. The van der Waals surface area contributed by atoms with Crippen LogP contribution in [0.2, 0.25) is 0 Å². The van der Waals surface area contributed by atoms with Crippen LogP contribution in [0.4, 0.5) is 0 Å².